The van der Waals surface area contributed by atoms with Crippen LogP contribution in [0.4, 0.5) is 0 Å². The Bertz CT molecular complexity index is 464. The molecule has 1 aromatic heterocycles. The molecule has 0 radical (unpaired) electrons. The number of hydrogen-bond donors (Lipinski definition) is 2. The Hall–Kier alpha value is -1.36. The quantitative estimate of drug-likeness (QED) is 0.860. The Labute approximate surface area is 114 Å². The molecule has 1 aliphatic heterocycles. The van der Waals surface area contributed by atoms with Gasteiger partial charge in [-0.25, -0.2) is 0 Å². The van der Waals surface area contributed by atoms with Crippen molar-refractivity contribution in [2.45, 2.75) is 46.2 Å². The zero-order valence-corrected chi connectivity index (χ0v) is 12.3. The molecule has 106 valence electrons. The molecule has 19 heavy (non-hydrogen) atoms. The molecule has 1 aliphatic rings. The lowest BCUT2D eigenvalue weighted by atomic mass is 9.77. The molecule has 0 saturated carbocycles. The fourth-order valence-corrected chi connectivity index (χ4v) is 2.77. The van der Waals surface area contributed by atoms with Gasteiger partial charge in [-0.05, 0) is 31.7 Å². The van der Waals surface area contributed by atoms with E-state index in [1.165, 1.54) is 0 Å². The van der Waals surface area contributed by atoms with Gasteiger partial charge in [0.25, 0.3) is 0 Å². The van der Waals surface area contributed by atoms with E-state index in [-0.39, 0.29) is 17.4 Å². The molecule has 1 saturated heterocycles. The second-order valence-corrected chi connectivity index (χ2v) is 6.11. The summed E-state index contributed by atoms with van der Waals surface area (Å²) in [5, 5.41) is 10.6. The second kappa shape index (κ2) is 5.33. The van der Waals surface area contributed by atoms with Gasteiger partial charge in [-0.1, -0.05) is 13.8 Å². The van der Waals surface area contributed by atoms with Gasteiger partial charge in [0, 0.05) is 25.4 Å². The van der Waals surface area contributed by atoms with E-state index >= 15 is 0 Å². The number of aryl methyl sites for hydroxylation is 2. The van der Waals surface area contributed by atoms with Crippen molar-refractivity contribution in [1.29, 1.82) is 0 Å². The van der Waals surface area contributed by atoms with Gasteiger partial charge in [0.15, 0.2) is 0 Å². The summed E-state index contributed by atoms with van der Waals surface area (Å²) in [7, 11) is 1.89. The van der Waals surface area contributed by atoms with E-state index in [0.29, 0.717) is 6.54 Å². The first-order valence-electron chi connectivity index (χ1n) is 6.90. The first kappa shape index (κ1) is 14.1. The van der Waals surface area contributed by atoms with Gasteiger partial charge in [0.2, 0.25) is 5.91 Å². The van der Waals surface area contributed by atoms with Gasteiger partial charge >= 0.3 is 0 Å². The fourth-order valence-electron chi connectivity index (χ4n) is 2.77. The molecule has 1 aromatic rings. The molecule has 5 heteroatoms. The van der Waals surface area contributed by atoms with Crippen LogP contribution in [0.25, 0.3) is 0 Å². The molecule has 1 amide bonds. The number of carbonyl (C=O) groups is 1. The van der Waals surface area contributed by atoms with Crippen LogP contribution in [-0.4, -0.2) is 28.3 Å². The van der Waals surface area contributed by atoms with E-state index in [4.69, 9.17) is 0 Å². The maximum atomic E-state index is 12.3. The molecule has 2 heterocycles. The molecule has 1 fully saturated rings. The maximum absolute atomic E-state index is 12.3. The van der Waals surface area contributed by atoms with Gasteiger partial charge in [-0.3, -0.25) is 9.48 Å². The minimum atomic E-state index is -0.0989. The average molecular weight is 264 g/mol. The zero-order chi connectivity index (χ0) is 14.0. The SMILES string of the molecule is Cc1nn(C)cc1CNC(=O)C1NCCCC1(C)C. The maximum Gasteiger partial charge on any atom is 0.237 e. The number of nitrogens with zero attached hydrogens (tertiary/aromatic N) is 2. The lowest BCUT2D eigenvalue weighted by Gasteiger charge is -2.38. The van der Waals surface area contributed by atoms with E-state index in [2.05, 4.69) is 29.6 Å². The Kier molecular flexibility index (Phi) is 3.94. The predicted molar refractivity (Wildman–Crippen MR) is 74.6 cm³/mol. The third-order valence-corrected chi connectivity index (χ3v) is 3.96. The van der Waals surface area contributed by atoms with Crippen LogP contribution in [-0.2, 0) is 18.4 Å². The number of aromatic nitrogens is 2. The summed E-state index contributed by atoms with van der Waals surface area (Å²) >= 11 is 0. The monoisotopic (exact) mass is 264 g/mol. The van der Waals surface area contributed by atoms with E-state index in [1.807, 2.05) is 20.2 Å². The normalized spacial score (nSPS) is 22.2. The summed E-state index contributed by atoms with van der Waals surface area (Å²) < 4.78 is 1.78. The van der Waals surface area contributed by atoms with Crippen LogP contribution in [0, 0.1) is 12.3 Å². The number of carbonyl (C=O) groups excluding carboxylic acids is 1. The van der Waals surface area contributed by atoms with Crippen molar-refractivity contribution in [3.63, 3.8) is 0 Å². The molecule has 1 unspecified atom stereocenters. The number of rotatable bonds is 3. The summed E-state index contributed by atoms with van der Waals surface area (Å²) in [5.74, 6) is 0.0907. The summed E-state index contributed by atoms with van der Waals surface area (Å²) in [6.45, 7) is 7.74. The highest BCUT2D eigenvalue weighted by molar-refractivity contribution is 5.82. The van der Waals surface area contributed by atoms with E-state index in [9.17, 15) is 4.79 Å². The Morgan fingerprint density at radius 1 is 1.63 bits per heavy atom. The molecular weight excluding hydrogens is 240 g/mol. The van der Waals surface area contributed by atoms with Crippen molar-refractivity contribution in [3.8, 4) is 0 Å². The molecule has 0 aliphatic carbocycles. The van der Waals surface area contributed by atoms with Crippen LogP contribution in [0.3, 0.4) is 0 Å². The van der Waals surface area contributed by atoms with Crippen molar-refractivity contribution in [2.75, 3.05) is 6.54 Å². The molecule has 5 nitrogen and oxygen atoms in total. The number of amides is 1. The lowest BCUT2D eigenvalue weighted by molar-refractivity contribution is -0.126. The highest BCUT2D eigenvalue weighted by Gasteiger charge is 2.36. The summed E-state index contributed by atoms with van der Waals surface area (Å²) in [6, 6.07) is -0.0989. The van der Waals surface area contributed by atoms with Crippen molar-refractivity contribution in [1.82, 2.24) is 20.4 Å². The number of piperidine rings is 1. The average Bonchev–Trinajstić information content (AvgIpc) is 2.64. The Balaban J connectivity index is 1.96. The molecule has 0 bridgehead atoms. The van der Waals surface area contributed by atoms with Crippen molar-refractivity contribution >= 4 is 5.91 Å². The summed E-state index contributed by atoms with van der Waals surface area (Å²) in [5.41, 5.74) is 2.06. The largest absolute Gasteiger partial charge is 0.351 e. The summed E-state index contributed by atoms with van der Waals surface area (Å²) in [6.07, 6.45) is 4.18. The minimum absolute atomic E-state index is 0.0202. The molecule has 2 rings (SSSR count). The van der Waals surface area contributed by atoms with E-state index in [1.54, 1.807) is 4.68 Å². The van der Waals surface area contributed by atoms with Gasteiger partial charge in [-0.15, -0.1) is 0 Å². The highest BCUT2D eigenvalue weighted by atomic mass is 16.2. The zero-order valence-electron chi connectivity index (χ0n) is 12.3. The second-order valence-electron chi connectivity index (χ2n) is 6.11. The van der Waals surface area contributed by atoms with Crippen molar-refractivity contribution < 1.29 is 4.79 Å². The minimum Gasteiger partial charge on any atom is -0.351 e. The lowest BCUT2D eigenvalue weighted by Crippen LogP contribution is -2.55. The van der Waals surface area contributed by atoms with Crippen molar-refractivity contribution in [2.24, 2.45) is 12.5 Å². The Morgan fingerprint density at radius 2 is 2.37 bits per heavy atom. The topological polar surface area (TPSA) is 59.0 Å². The van der Waals surface area contributed by atoms with E-state index < -0.39 is 0 Å². The van der Waals surface area contributed by atoms with E-state index in [0.717, 1.165) is 30.6 Å². The Morgan fingerprint density at radius 3 is 2.95 bits per heavy atom. The number of nitrogens with one attached hydrogen (secondary N) is 2. The van der Waals surface area contributed by atoms with Crippen molar-refractivity contribution in [3.05, 3.63) is 17.5 Å². The van der Waals surface area contributed by atoms with Crippen LogP contribution in [0.5, 0.6) is 0 Å². The third-order valence-electron chi connectivity index (χ3n) is 3.96. The van der Waals surface area contributed by atoms with Gasteiger partial charge in [-0.2, -0.15) is 5.10 Å². The van der Waals surface area contributed by atoms with Gasteiger partial charge in [0.1, 0.15) is 0 Å². The predicted octanol–water partition coefficient (Wildman–Crippen LogP) is 1.12. The van der Waals surface area contributed by atoms with Gasteiger partial charge < -0.3 is 10.6 Å². The molecule has 0 aromatic carbocycles. The van der Waals surface area contributed by atoms with Crippen LogP contribution in [0.1, 0.15) is 37.9 Å². The molecular formula is C14H24N4O. The molecule has 2 N–H and O–H groups in total. The number of hydrogen-bond acceptors (Lipinski definition) is 3. The fraction of sp³-hybridized carbons (Fsp3) is 0.714. The smallest absolute Gasteiger partial charge is 0.237 e. The van der Waals surface area contributed by atoms with Crippen LogP contribution < -0.4 is 10.6 Å². The van der Waals surface area contributed by atoms with Crippen LogP contribution in [0.15, 0.2) is 6.20 Å². The first-order chi connectivity index (χ1) is 8.90. The van der Waals surface area contributed by atoms with Crippen LogP contribution >= 0.6 is 0 Å². The van der Waals surface area contributed by atoms with Gasteiger partial charge in [0.05, 0.1) is 11.7 Å². The molecule has 1 atom stereocenters. The molecule has 0 spiro atoms. The first-order valence-corrected chi connectivity index (χ1v) is 6.90. The van der Waals surface area contributed by atoms with Crippen LogP contribution in [0.2, 0.25) is 0 Å². The highest BCUT2D eigenvalue weighted by Crippen LogP contribution is 2.30. The third kappa shape index (κ3) is 3.15. The standard InChI is InChI=1S/C14H24N4O/c1-10-11(9-18(4)17-10)8-16-13(19)12-14(2,3)6-5-7-15-12/h9,12,15H,5-8H2,1-4H3,(H,16,19). The summed E-state index contributed by atoms with van der Waals surface area (Å²) in [4.78, 5) is 12.3.